The van der Waals surface area contributed by atoms with Gasteiger partial charge in [-0.05, 0) is 43.3 Å². The van der Waals surface area contributed by atoms with Gasteiger partial charge in [-0.2, -0.15) is 31.0 Å². The number of nitrogens with one attached hydrogen (secondary N) is 1. The van der Waals surface area contributed by atoms with E-state index in [1.165, 1.54) is 31.2 Å². The van der Waals surface area contributed by atoms with Crippen LogP contribution in [0.2, 0.25) is 5.02 Å². The second-order valence-corrected chi connectivity index (χ2v) is 10.8. The highest BCUT2D eigenvalue weighted by Gasteiger charge is 2.43. The summed E-state index contributed by atoms with van der Waals surface area (Å²) < 4.78 is 90.0. The Bertz CT molecular complexity index is 1860. The Labute approximate surface area is 276 Å². The molecule has 0 fully saturated rings. The molecular weight excluding hydrogens is 694 g/mol. The highest BCUT2D eigenvalue weighted by Crippen LogP contribution is 2.33. The van der Waals surface area contributed by atoms with Crippen LogP contribution in [-0.4, -0.2) is 82.2 Å². The average molecular weight is 721 g/mol. The Balaban J connectivity index is 1.72. The van der Waals surface area contributed by atoms with Crippen molar-refractivity contribution < 1.29 is 45.8 Å². The minimum atomic E-state index is -5.13. The van der Waals surface area contributed by atoms with E-state index in [1.54, 1.807) is 0 Å². The first-order valence-corrected chi connectivity index (χ1v) is 14.4. The predicted molar refractivity (Wildman–Crippen MR) is 157 cm³/mol. The normalized spacial score (nSPS) is 14.0. The van der Waals surface area contributed by atoms with Gasteiger partial charge in [-0.1, -0.05) is 11.6 Å². The highest BCUT2D eigenvalue weighted by molar-refractivity contribution is 6.30. The molecule has 22 heteroatoms. The number of aromatic nitrogens is 7. The van der Waals surface area contributed by atoms with Crippen LogP contribution in [0.4, 0.5) is 26.3 Å². The average Bonchev–Trinajstić information content (AvgIpc) is 3.57. The number of hydrogen-bond acceptors (Lipinski definition) is 10. The van der Waals surface area contributed by atoms with Gasteiger partial charge in [0.05, 0.1) is 12.6 Å². The standard InChI is InChI=1S/C27H27ClF6N10O5/c1-13(35)24(47)38-10-8-19(45)49-17(27(32,33)34)11-42-21(14-4-6-15(28)7-5-14)41-43(25(42)48)12-18-39-23(20(36)46)44(40-18)22-16(26(29,30)31)3-2-9-37-22/h2-7,9,13,17,19,45H,8,10-12,35H2,1H3,(H2,36,46)(H,38,47)/t13-,17-,19?/m0/s1. The Morgan fingerprint density at radius 3 is 2.37 bits per heavy atom. The van der Waals surface area contributed by atoms with E-state index in [2.05, 4.69) is 25.5 Å². The van der Waals surface area contributed by atoms with E-state index in [4.69, 9.17) is 27.8 Å². The van der Waals surface area contributed by atoms with Crippen molar-refractivity contribution in [2.24, 2.45) is 11.5 Å². The third kappa shape index (κ3) is 8.99. The number of benzene rings is 1. The van der Waals surface area contributed by atoms with Gasteiger partial charge in [0.2, 0.25) is 11.7 Å². The van der Waals surface area contributed by atoms with Gasteiger partial charge in [0.25, 0.3) is 5.91 Å². The first-order valence-electron chi connectivity index (χ1n) is 14.0. The Morgan fingerprint density at radius 2 is 1.78 bits per heavy atom. The summed E-state index contributed by atoms with van der Waals surface area (Å²) in [6.07, 6.45) is -14.4. The van der Waals surface area contributed by atoms with Crippen molar-refractivity contribution in [3.63, 3.8) is 0 Å². The highest BCUT2D eigenvalue weighted by atomic mass is 35.5. The molecular formula is C27H27ClF6N10O5. The van der Waals surface area contributed by atoms with Crippen LogP contribution in [0.15, 0.2) is 47.4 Å². The van der Waals surface area contributed by atoms with Crippen LogP contribution in [0.25, 0.3) is 17.2 Å². The summed E-state index contributed by atoms with van der Waals surface area (Å²) in [6.45, 7) is -0.898. The van der Waals surface area contributed by atoms with E-state index < -0.39 is 90.8 Å². The number of nitrogens with two attached hydrogens (primary N) is 2. The zero-order valence-electron chi connectivity index (χ0n) is 25.1. The van der Waals surface area contributed by atoms with Gasteiger partial charge in [-0.25, -0.2) is 19.4 Å². The molecule has 0 aliphatic heterocycles. The molecule has 3 heterocycles. The molecule has 0 aliphatic carbocycles. The minimum Gasteiger partial charge on any atom is -0.368 e. The number of ether oxygens (including phenoxy) is 1. The maximum Gasteiger partial charge on any atom is 0.420 e. The number of halogens is 7. The van der Waals surface area contributed by atoms with Crippen LogP contribution < -0.4 is 22.5 Å². The van der Waals surface area contributed by atoms with Crippen molar-refractivity contribution in [1.82, 2.24) is 39.4 Å². The van der Waals surface area contributed by atoms with Crippen LogP contribution >= 0.6 is 11.6 Å². The quantitative estimate of drug-likeness (QED) is 0.116. The van der Waals surface area contributed by atoms with Gasteiger partial charge < -0.3 is 26.6 Å². The number of primary amides is 1. The van der Waals surface area contributed by atoms with Crippen LogP contribution in [0.1, 0.15) is 35.4 Å². The first-order chi connectivity index (χ1) is 22.9. The first kappa shape index (κ1) is 37.0. The minimum absolute atomic E-state index is 0.111. The van der Waals surface area contributed by atoms with Crippen molar-refractivity contribution in [2.75, 3.05) is 6.54 Å². The summed E-state index contributed by atoms with van der Waals surface area (Å²) >= 11 is 5.94. The molecule has 0 radical (unpaired) electrons. The van der Waals surface area contributed by atoms with E-state index in [1.807, 2.05) is 0 Å². The number of amides is 2. The van der Waals surface area contributed by atoms with E-state index in [0.29, 0.717) is 20.0 Å². The number of nitrogens with zero attached hydrogens (tertiary/aromatic N) is 7. The third-order valence-corrected chi connectivity index (χ3v) is 6.87. The zero-order valence-corrected chi connectivity index (χ0v) is 25.9. The molecule has 4 rings (SSSR count). The molecule has 264 valence electrons. The summed E-state index contributed by atoms with van der Waals surface area (Å²) in [6, 6.07) is 6.20. The molecule has 49 heavy (non-hydrogen) atoms. The van der Waals surface area contributed by atoms with Gasteiger partial charge in [0, 0.05) is 29.7 Å². The Hall–Kier alpha value is -4.86. The molecule has 1 aromatic carbocycles. The van der Waals surface area contributed by atoms with Crippen LogP contribution in [-0.2, 0) is 28.8 Å². The molecule has 0 bridgehead atoms. The molecule has 6 N–H and O–H groups in total. The number of aliphatic hydroxyl groups excluding tert-OH is 1. The lowest BCUT2D eigenvalue weighted by Crippen LogP contribution is -2.43. The number of pyridine rings is 1. The molecule has 15 nitrogen and oxygen atoms in total. The molecule has 1 unspecified atom stereocenters. The van der Waals surface area contributed by atoms with Crippen LogP contribution in [0, 0.1) is 0 Å². The van der Waals surface area contributed by atoms with Gasteiger partial charge in [0.15, 0.2) is 29.9 Å². The third-order valence-electron chi connectivity index (χ3n) is 6.62. The number of rotatable bonds is 13. The van der Waals surface area contributed by atoms with Gasteiger partial charge in [0.1, 0.15) is 12.1 Å². The maximum absolute atomic E-state index is 14.2. The van der Waals surface area contributed by atoms with Crippen molar-refractivity contribution >= 4 is 23.4 Å². The number of hydrogen-bond donors (Lipinski definition) is 4. The van der Waals surface area contributed by atoms with Crippen molar-refractivity contribution in [1.29, 1.82) is 0 Å². The molecule has 0 aliphatic rings. The fourth-order valence-corrected chi connectivity index (χ4v) is 4.42. The zero-order chi connectivity index (χ0) is 36.3. The number of aliphatic hydroxyl groups is 1. The fourth-order valence-electron chi connectivity index (χ4n) is 4.30. The molecule has 2 amide bonds. The predicted octanol–water partition coefficient (Wildman–Crippen LogP) is 1.63. The lowest BCUT2D eigenvalue weighted by Gasteiger charge is -2.24. The van der Waals surface area contributed by atoms with Gasteiger partial charge in [-0.15, -0.1) is 10.2 Å². The van der Waals surface area contributed by atoms with Crippen molar-refractivity contribution in [3.8, 4) is 17.2 Å². The second-order valence-electron chi connectivity index (χ2n) is 10.4. The lowest BCUT2D eigenvalue weighted by atomic mass is 10.2. The second kappa shape index (κ2) is 14.7. The molecule has 0 spiro atoms. The van der Waals surface area contributed by atoms with Gasteiger partial charge in [-0.3, -0.25) is 14.2 Å². The van der Waals surface area contributed by atoms with Gasteiger partial charge >= 0.3 is 18.0 Å². The topological polar surface area (TPSA) is 211 Å². The largest absolute Gasteiger partial charge is 0.420 e. The molecule has 0 saturated heterocycles. The van der Waals surface area contributed by atoms with Crippen molar-refractivity contribution in [3.05, 3.63) is 75.3 Å². The fraction of sp³-hybridized carbons (Fsp3) is 0.370. The summed E-state index contributed by atoms with van der Waals surface area (Å²) in [5.41, 5.74) is 8.36. The summed E-state index contributed by atoms with van der Waals surface area (Å²) in [4.78, 5) is 44.8. The lowest BCUT2D eigenvalue weighted by molar-refractivity contribution is -0.266. The van der Waals surface area contributed by atoms with Crippen LogP contribution in [0.5, 0.6) is 0 Å². The Kier molecular flexibility index (Phi) is 11.1. The Morgan fingerprint density at radius 1 is 1.10 bits per heavy atom. The summed E-state index contributed by atoms with van der Waals surface area (Å²) in [5, 5.41) is 20.7. The molecule has 4 aromatic rings. The van der Waals surface area contributed by atoms with Crippen LogP contribution in [0.3, 0.4) is 0 Å². The van der Waals surface area contributed by atoms with E-state index in [0.717, 1.165) is 12.3 Å². The van der Waals surface area contributed by atoms with E-state index in [-0.39, 0.29) is 23.0 Å². The summed E-state index contributed by atoms with van der Waals surface area (Å²) in [7, 11) is 0. The van der Waals surface area contributed by atoms with E-state index in [9.17, 15) is 45.8 Å². The SMILES string of the molecule is C[C@H](N)C(=O)NCCC(O)O[C@@H](Cn1c(-c2ccc(Cl)cc2)nn(Cc2nc(C(N)=O)n(-c3ncccc3C(F)(F)F)n2)c1=O)C(F)(F)F. The van der Waals surface area contributed by atoms with E-state index >= 15 is 0 Å². The summed E-state index contributed by atoms with van der Waals surface area (Å²) in [5.74, 6) is -4.39. The molecule has 3 aromatic heterocycles. The maximum atomic E-state index is 14.2. The number of carbonyl (C=O) groups is 2. The van der Waals surface area contributed by atoms with Crippen molar-refractivity contribution in [2.45, 2.75) is 57.2 Å². The number of carbonyl (C=O) groups excluding carboxylic acids is 2. The smallest absolute Gasteiger partial charge is 0.368 e. The number of alkyl halides is 6. The molecule has 0 saturated carbocycles. The molecule has 3 atom stereocenters. The monoisotopic (exact) mass is 720 g/mol.